The third kappa shape index (κ3) is 4.13. The highest BCUT2D eigenvalue weighted by molar-refractivity contribution is 5.83. The first-order chi connectivity index (χ1) is 11.6. The fraction of sp³-hybridized carbons (Fsp3) is 0.500. The predicted molar refractivity (Wildman–Crippen MR) is 90.2 cm³/mol. The number of aromatic nitrogens is 1. The third-order valence-electron chi connectivity index (χ3n) is 4.40. The van der Waals surface area contributed by atoms with Crippen molar-refractivity contribution in [3.63, 3.8) is 0 Å². The van der Waals surface area contributed by atoms with E-state index in [1.807, 2.05) is 25.1 Å². The van der Waals surface area contributed by atoms with E-state index in [0.717, 1.165) is 29.5 Å². The number of benzene rings is 1. The standard InChI is InChI=1S/C18H23N3O3/c1-12-5-4-8-14-18(12)21-17(24-14)11-19-15(22)9-10-16(23)20-13-6-2-3-7-13/h4-5,8,13H,2-3,6-7,9-11H2,1H3,(H,19,22)(H,20,23). The maximum atomic E-state index is 11.9. The van der Waals surface area contributed by atoms with Crippen molar-refractivity contribution < 1.29 is 14.0 Å². The molecule has 0 bridgehead atoms. The molecule has 1 fully saturated rings. The summed E-state index contributed by atoms with van der Waals surface area (Å²) in [5.74, 6) is 0.258. The number of oxazole rings is 1. The fourth-order valence-corrected chi connectivity index (χ4v) is 3.07. The molecule has 3 rings (SSSR count). The highest BCUT2D eigenvalue weighted by Gasteiger charge is 2.17. The summed E-state index contributed by atoms with van der Waals surface area (Å²) in [6.45, 7) is 2.20. The summed E-state index contributed by atoms with van der Waals surface area (Å²) in [5.41, 5.74) is 2.57. The molecule has 1 saturated carbocycles. The zero-order chi connectivity index (χ0) is 16.9. The molecule has 6 nitrogen and oxygen atoms in total. The smallest absolute Gasteiger partial charge is 0.220 e. The van der Waals surface area contributed by atoms with Gasteiger partial charge >= 0.3 is 0 Å². The summed E-state index contributed by atoms with van der Waals surface area (Å²) in [5, 5.41) is 5.74. The molecule has 1 aliphatic carbocycles. The first-order valence-corrected chi connectivity index (χ1v) is 8.53. The van der Waals surface area contributed by atoms with Gasteiger partial charge in [-0.2, -0.15) is 0 Å². The Morgan fingerprint density at radius 2 is 1.96 bits per heavy atom. The molecular formula is C18H23N3O3. The number of para-hydroxylation sites is 1. The van der Waals surface area contributed by atoms with Gasteiger partial charge in [0.25, 0.3) is 0 Å². The van der Waals surface area contributed by atoms with Gasteiger partial charge in [-0.05, 0) is 31.4 Å². The molecule has 0 radical (unpaired) electrons. The molecule has 2 aromatic rings. The zero-order valence-electron chi connectivity index (χ0n) is 13.9. The summed E-state index contributed by atoms with van der Waals surface area (Å²) in [4.78, 5) is 28.1. The highest BCUT2D eigenvalue weighted by Crippen LogP contribution is 2.19. The van der Waals surface area contributed by atoms with Gasteiger partial charge < -0.3 is 15.1 Å². The van der Waals surface area contributed by atoms with Gasteiger partial charge in [-0.1, -0.05) is 25.0 Å². The second-order valence-electron chi connectivity index (χ2n) is 6.35. The largest absolute Gasteiger partial charge is 0.439 e. The van der Waals surface area contributed by atoms with Crippen LogP contribution in [0.3, 0.4) is 0 Å². The van der Waals surface area contributed by atoms with E-state index in [9.17, 15) is 9.59 Å². The van der Waals surface area contributed by atoms with E-state index < -0.39 is 0 Å². The van der Waals surface area contributed by atoms with Gasteiger partial charge in [0.1, 0.15) is 5.52 Å². The lowest BCUT2D eigenvalue weighted by molar-refractivity contribution is -0.126. The highest BCUT2D eigenvalue weighted by atomic mass is 16.3. The number of carbonyl (C=O) groups excluding carboxylic acids is 2. The van der Waals surface area contributed by atoms with Crippen LogP contribution < -0.4 is 10.6 Å². The molecule has 0 unspecified atom stereocenters. The van der Waals surface area contributed by atoms with Gasteiger partial charge in [-0.3, -0.25) is 9.59 Å². The molecule has 128 valence electrons. The summed E-state index contributed by atoms with van der Waals surface area (Å²) in [7, 11) is 0. The second-order valence-corrected chi connectivity index (χ2v) is 6.35. The van der Waals surface area contributed by atoms with Gasteiger partial charge in [0.05, 0.1) is 6.54 Å². The number of aryl methyl sites for hydroxylation is 1. The van der Waals surface area contributed by atoms with E-state index in [1.54, 1.807) is 0 Å². The van der Waals surface area contributed by atoms with Crippen LogP contribution in [0.2, 0.25) is 0 Å². The van der Waals surface area contributed by atoms with E-state index in [2.05, 4.69) is 15.6 Å². The Kier molecular flexibility index (Phi) is 5.13. The molecule has 1 heterocycles. The molecule has 1 aromatic carbocycles. The maximum Gasteiger partial charge on any atom is 0.220 e. The Balaban J connectivity index is 1.43. The van der Waals surface area contributed by atoms with Crippen molar-refractivity contribution in [3.8, 4) is 0 Å². The monoisotopic (exact) mass is 329 g/mol. The van der Waals surface area contributed by atoms with Gasteiger partial charge in [0, 0.05) is 18.9 Å². The maximum absolute atomic E-state index is 11.9. The van der Waals surface area contributed by atoms with Crippen LogP contribution in [0.15, 0.2) is 22.6 Å². The Hall–Kier alpha value is -2.37. The molecule has 1 aromatic heterocycles. The van der Waals surface area contributed by atoms with Crippen molar-refractivity contribution >= 4 is 22.9 Å². The Morgan fingerprint density at radius 1 is 1.21 bits per heavy atom. The fourth-order valence-electron chi connectivity index (χ4n) is 3.07. The third-order valence-corrected chi connectivity index (χ3v) is 4.40. The Bertz CT molecular complexity index is 732. The first-order valence-electron chi connectivity index (χ1n) is 8.53. The van der Waals surface area contributed by atoms with Gasteiger partial charge in [-0.15, -0.1) is 0 Å². The van der Waals surface area contributed by atoms with Crippen molar-refractivity contribution in [2.45, 2.75) is 58.0 Å². The van der Waals surface area contributed by atoms with Crippen molar-refractivity contribution in [2.24, 2.45) is 0 Å². The van der Waals surface area contributed by atoms with Crippen molar-refractivity contribution in [1.82, 2.24) is 15.6 Å². The number of nitrogens with zero attached hydrogens (tertiary/aromatic N) is 1. The molecule has 0 atom stereocenters. The van der Waals surface area contributed by atoms with E-state index in [1.165, 1.54) is 12.8 Å². The van der Waals surface area contributed by atoms with Crippen LogP contribution in [0.5, 0.6) is 0 Å². The average molecular weight is 329 g/mol. The molecular weight excluding hydrogens is 306 g/mol. The van der Waals surface area contributed by atoms with Gasteiger partial charge in [0.2, 0.25) is 17.7 Å². The van der Waals surface area contributed by atoms with Gasteiger partial charge in [-0.25, -0.2) is 4.98 Å². The van der Waals surface area contributed by atoms with Crippen LogP contribution in [0.25, 0.3) is 11.1 Å². The molecule has 1 aliphatic rings. The minimum absolute atomic E-state index is 0.0467. The van der Waals surface area contributed by atoms with Crippen molar-refractivity contribution in [2.75, 3.05) is 0 Å². The van der Waals surface area contributed by atoms with E-state index in [-0.39, 0.29) is 31.2 Å². The Labute approximate surface area is 141 Å². The van der Waals surface area contributed by atoms with Crippen LogP contribution in [0, 0.1) is 6.92 Å². The molecule has 0 aliphatic heterocycles. The SMILES string of the molecule is Cc1cccc2oc(CNC(=O)CCC(=O)NC3CCCC3)nc12. The van der Waals surface area contributed by atoms with Crippen LogP contribution >= 0.6 is 0 Å². The number of fused-ring (bicyclic) bond motifs is 1. The van der Waals surface area contributed by atoms with Gasteiger partial charge in [0.15, 0.2) is 5.58 Å². The summed E-state index contributed by atoms with van der Waals surface area (Å²) < 4.78 is 5.61. The summed E-state index contributed by atoms with van der Waals surface area (Å²) in [6, 6.07) is 6.03. The zero-order valence-corrected chi connectivity index (χ0v) is 13.9. The number of hydrogen-bond donors (Lipinski definition) is 2. The lowest BCUT2D eigenvalue weighted by Gasteiger charge is -2.11. The lowest BCUT2D eigenvalue weighted by atomic mass is 10.2. The topological polar surface area (TPSA) is 84.2 Å². The molecule has 6 heteroatoms. The molecule has 0 saturated heterocycles. The van der Waals surface area contributed by atoms with Crippen molar-refractivity contribution in [1.29, 1.82) is 0 Å². The summed E-state index contributed by atoms with van der Waals surface area (Å²) >= 11 is 0. The number of carbonyl (C=O) groups is 2. The second kappa shape index (κ2) is 7.47. The summed E-state index contributed by atoms with van der Waals surface area (Å²) in [6.07, 6.45) is 4.85. The molecule has 2 N–H and O–H groups in total. The number of amides is 2. The molecule has 2 amide bonds. The minimum Gasteiger partial charge on any atom is -0.439 e. The van der Waals surface area contributed by atoms with E-state index in [0.29, 0.717) is 11.9 Å². The number of rotatable bonds is 6. The number of hydrogen-bond acceptors (Lipinski definition) is 4. The quantitative estimate of drug-likeness (QED) is 0.853. The minimum atomic E-state index is -0.171. The average Bonchev–Trinajstić information content (AvgIpc) is 3.21. The van der Waals surface area contributed by atoms with Crippen LogP contribution in [-0.4, -0.2) is 22.8 Å². The normalized spacial score (nSPS) is 14.9. The van der Waals surface area contributed by atoms with Crippen molar-refractivity contribution in [3.05, 3.63) is 29.7 Å². The van der Waals surface area contributed by atoms with E-state index >= 15 is 0 Å². The predicted octanol–water partition coefficient (Wildman–Crippen LogP) is 2.59. The van der Waals surface area contributed by atoms with E-state index in [4.69, 9.17) is 4.42 Å². The molecule has 0 spiro atoms. The van der Waals surface area contributed by atoms with Crippen LogP contribution in [0.1, 0.15) is 50.0 Å². The molecule has 24 heavy (non-hydrogen) atoms. The number of nitrogens with one attached hydrogen (secondary N) is 2. The van der Waals surface area contributed by atoms with Crippen LogP contribution in [-0.2, 0) is 16.1 Å². The lowest BCUT2D eigenvalue weighted by Crippen LogP contribution is -2.33. The first kappa shape index (κ1) is 16.5. The van der Waals surface area contributed by atoms with Crippen LogP contribution in [0.4, 0.5) is 0 Å². The Morgan fingerprint density at radius 3 is 2.71 bits per heavy atom.